The Morgan fingerprint density at radius 1 is 0.769 bits per heavy atom. The van der Waals surface area contributed by atoms with E-state index in [0.717, 1.165) is 56.1 Å². The first kappa shape index (κ1) is 20.0. The molecule has 0 radical (unpaired) electrons. The highest BCUT2D eigenvalue weighted by Crippen LogP contribution is 2.27. The van der Waals surface area contributed by atoms with Gasteiger partial charge in [0.25, 0.3) is 0 Å². The smallest absolute Gasteiger partial charge is 0.394 e. The molecule has 0 aliphatic carbocycles. The van der Waals surface area contributed by atoms with Crippen LogP contribution in [0.5, 0.6) is 11.5 Å². The third-order valence-electron chi connectivity index (χ3n) is 4.55. The quantitative estimate of drug-likeness (QED) is 0.380. The van der Waals surface area contributed by atoms with Crippen molar-refractivity contribution in [2.45, 2.75) is 65.7 Å². The minimum atomic E-state index is -0.670. The fourth-order valence-corrected chi connectivity index (χ4v) is 3.04. The highest BCUT2D eigenvalue weighted by atomic mass is 16.7. The zero-order valence-corrected chi connectivity index (χ0v) is 16.2. The first-order chi connectivity index (χ1) is 12.7. The van der Waals surface area contributed by atoms with Crippen LogP contribution in [-0.4, -0.2) is 6.16 Å². The van der Waals surface area contributed by atoms with E-state index in [1.807, 2.05) is 37.3 Å². The number of carbonyl (C=O) groups excluding carboxylic acids is 1. The minimum Gasteiger partial charge on any atom is -0.394 e. The van der Waals surface area contributed by atoms with Crippen LogP contribution in [0.15, 0.2) is 42.5 Å². The van der Waals surface area contributed by atoms with E-state index in [0.29, 0.717) is 11.5 Å². The van der Waals surface area contributed by atoms with E-state index in [4.69, 9.17) is 9.47 Å². The number of ether oxygens (including phenoxy) is 2. The summed E-state index contributed by atoms with van der Waals surface area (Å²) in [5.41, 5.74) is 3.41. The van der Waals surface area contributed by atoms with Crippen LogP contribution in [-0.2, 0) is 19.3 Å². The average Bonchev–Trinajstić information content (AvgIpc) is 2.66. The maximum Gasteiger partial charge on any atom is 0.519 e. The molecule has 0 saturated heterocycles. The Hall–Kier alpha value is -2.29. The van der Waals surface area contributed by atoms with Crippen molar-refractivity contribution in [1.82, 2.24) is 0 Å². The Kier molecular flexibility index (Phi) is 8.20. The number of para-hydroxylation sites is 1. The maximum absolute atomic E-state index is 12.4. The molecule has 2 rings (SSSR count). The Balaban J connectivity index is 2.17. The Bertz CT molecular complexity index is 706. The standard InChI is InChI=1S/C23H30O3/c1-4-7-12-19-14-11-17-22(20(19)15-8-5-2)26-23(24)25-21-16-10-9-13-18(21)6-3/h9-11,13-14,16-17H,4-8,12,15H2,1-3H3. The van der Waals surface area contributed by atoms with Gasteiger partial charge in [0.15, 0.2) is 0 Å². The molecule has 0 fully saturated rings. The second-order valence-corrected chi connectivity index (χ2v) is 6.52. The third kappa shape index (κ3) is 5.62. The van der Waals surface area contributed by atoms with Crippen molar-refractivity contribution in [1.29, 1.82) is 0 Å². The minimum absolute atomic E-state index is 0.567. The molecular weight excluding hydrogens is 324 g/mol. The van der Waals surface area contributed by atoms with E-state index < -0.39 is 6.16 Å². The van der Waals surface area contributed by atoms with Gasteiger partial charge in [-0.3, -0.25) is 0 Å². The third-order valence-corrected chi connectivity index (χ3v) is 4.55. The van der Waals surface area contributed by atoms with E-state index >= 15 is 0 Å². The van der Waals surface area contributed by atoms with Crippen LogP contribution in [0, 0.1) is 0 Å². The zero-order chi connectivity index (χ0) is 18.8. The molecule has 0 N–H and O–H groups in total. The van der Waals surface area contributed by atoms with Gasteiger partial charge < -0.3 is 9.47 Å². The molecule has 0 aromatic heterocycles. The van der Waals surface area contributed by atoms with E-state index in [-0.39, 0.29) is 0 Å². The zero-order valence-electron chi connectivity index (χ0n) is 16.2. The van der Waals surface area contributed by atoms with E-state index in [2.05, 4.69) is 19.9 Å². The largest absolute Gasteiger partial charge is 0.519 e. The predicted molar refractivity (Wildman–Crippen MR) is 106 cm³/mol. The lowest BCUT2D eigenvalue weighted by Crippen LogP contribution is -2.16. The molecule has 0 atom stereocenters. The van der Waals surface area contributed by atoms with Gasteiger partial charge in [0, 0.05) is 0 Å². The molecule has 26 heavy (non-hydrogen) atoms. The summed E-state index contributed by atoms with van der Waals surface area (Å²) in [5, 5.41) is 0. The molecule has 0 amide bonds. The Morgan fingerprint density at radius 2 is 1.38 bits per heavy atom. The predicted octanol–water partition coefficient (Wildman–Crippen LogP) is 6.51. The molecular formula is C23H30O3. The van der Waals surface area contributed by atoms with Gasteiger partial charge in [0.2, 0.25) is 0 Å². The second-order valence-electron chi connectivity index (χ2n) is 6.52. The van der Waals surface area contributed by atoms with Gasteiger partial charge in [-0.2, -0.15) is 0 Å². The van der Waals surface area contributed by atoms with Crippen LogP contribution in [0.3, 0.4) is 0 Å². The number of benzene rings is 2. The van der Waals surface area contributed by atoms with Crippen molar-refractivity contribution >= 4 is 6.16 Å². The van der Waals surface area contributed by atoms with E-state index in [1.165, 1.54) is 5.56 Å². The highest BCUT2D eigenvalue weighted by molar-refractivity contribution is 5.68. The molecule has 0 spiro atoms. The van der Waals surface area contributed by atoms with Gasteiger partial charge in [-0.15, -0.1) is 0 Å². The summed E-state index contributed by atoms with van der Waals surface area (Å²) in [6, 6.07) is 13.5. The molecule has 0 unspecified atom stereocenters. The average molecular weight is 354 g/mol. The first-order valence-electron chi connectivity index (χ1n) is 9.77. The van der Waals surface area contributed by atoms with Crippen molar-refractivity contribution in [2.75, 3.05) is 0 Å². The van der Waals surface area contributed by atoms with Crippen molar-refractivity contribution in [2.24, 2.45) is 0 Å². The van der Waals surface area contributed by atoms with Crippen LogP contribution in [0.4, 0.5) is 4.79 Å². The molecule has 140 valence electrons. The molecule has 0 saturated carbocycles. The van der Waals surface area contributed by atoms with Crippen molar-refractivity contribution in [3.63, 3.8) is 0 Å². The van der Waals surface area contributed by atoms with Crippen LogP contribution in [0.25, 0.3) is 0 Å². The summed E-state index contributed by atoms with van der Waals surface area (Å²) in [4.78, 5) is 12.4. The molecule has 0 heterocycles. The molecule has 3 nitrogen and oxygen atoms in total. The number of hydrogen-bond acceptors (Lipinski definition) is 3. The highest BCUT2D eigenvalue weighted by Gasteiger charge is 2.15. The van der Waals surface area contributed by atoms with Crippen LogP contribution in [0.2, 0.25) is 0 Å². The van der Waals surface area contributed by atoms with Crippen LogP contribution < -0.4 is 9.47 Å². The molecule has 0 aliphatic rings. The maximum atomic E-state index is 12.4. The van der Waals surface area contributed by atoms with Crippen molar-refractivity contribution in [3.8, 4) is 11.5 Å². The summed E-state index contributed by atoms with van der Waals surface area (Å²) in [6.45, 7) is 6.40. The van der Waals surface area contributed by atoms with Crippen molar-refractivity contribution in [3.05, 3.63) is 59.2 Å². The number of rotatable bonds is 9. The Morgan fingerprint density at radius 3 is 2.12 bits per heavy atom. The van der Waals surface area contributed by atoms with Gasteiger partial charge in [0.1, 0.15) is 11.5 Å². The molecule has 3 heteroatoms. The lowest BCUT2D eigenvalue weighted by Gasteiger charge is -2.15. The summed E-state index contributed by atoms with van der Waals surface area (Å²) in [7, 11) is 0. The lowest BCUT2D eigenvalue weighted by atomic mass is 9.97. The Labute approximate surface area is 157 Å². The van der Waals surface area contributed by atoms with Gasteiger partial charge in [-0.25, -0.2) is 4.79 Å². The number of hydrogen-bond donors (Lipinski definition) is 0. The summed E-state index contributed by atoms with van der Waals surface area (Å²) in [6.07, 6.45) is 6.54. The molecule has 0 bridgehead atoms. The van der Waals surface area contributed by atoms with E-state index in [9.17, 15) is 4.79 Å². The number of aryl methyl sites for hydroxylation is 2. The normalized spacial score (nSPS) is 10.6. The van der Waals surface area contributed by atoms with Gasteiger partial charge in [-0.05, 0) is 60.9 Å². The fourth-order valence-electron chi connectivity index (χ4n) is 3.04. The van der Waals surface area contributed by atoms with Gasteiger partial charge in [-0.1, -0.05) is 63.9 Å². The van der Waals surface area contributed by atoms with Gasteiger partial charge >= 0.3 is 6.16 Å². The first-order valence-corrected chi connectivity index (χ1v) is 9.77. The molecule has 0 aliphatic heterocycles. The monoisotopic (exact) mass is 354 g/mol. The summed E-state index contributed by atoms with van der Waals surface area (Å²) >= 11 is 0. The number of unbranched alkanes of at least 4 members (excludes halogenated alkanes) is 2. The molecule has 2 aromatic carbocycles. The van der Waals surface area contributed by atoms with Gasteiger partial charge in [0.05, 0.1) is 0 Å². The van der Waals surface area contributed by atoms with E-state index in [1.54, 1.807) is 6.07 Å². The second kappa shape index (κ2) is 10.6. The van der Waals surface area contributed by atoms with Crippen molar-refractivity contribution < 1.29 is 14.3 Å². The fraction of sp³-hybridized carbons (Fsp3) is 0.435. The topological polar surface area (TPSA) is 35.5 Å². The van der Waals surface area contributed by atoms with Crippen LogP contribution >= 0.6 is 0 Å². The molecule has 2 aromatic rings. The van der Waals surface area contributed by atoms with Crippen LogP contribution in [0.1, 0.15) is 63.1 Å². The number of carbonyl (C=O) groups is 1. The summed E-state index contributed by atoms with van der Waals surface area (Å²) < 4.78 is 11.1. The lowest BCUT2D eigenvalue weighted by molar-refractivity contribution is 0.151. The summed E-state index contributed by atoms with van der Waals surface area (Å²) in [5.74, 6) is 1.20. The SMILES string of the molecule is CCCCc1cccc(OC(=O)Oc2ccccc2CC)c1CCCC.